The van der Waals surface area contributed by atoms with Crippen molar-refractivity contribution >= 4 is 9.84 Å². The maximum Gasteiger partial charge on any atom is 0.178 e. The molecule has 0 aliphatic carbocycles. The normalized spacial score (nSPS) is 13.3. The van der Waals surface area contributed by atoms with Crippen LogP contribution in [0.15, 0.2) is 41.8 Å². The molecule has 0 spiro atoms. The zero-order valence-corrected chi connectivity index (χ0v) is 11.3. The van der Waals surface area contributed by atoms with Crippen molar-refractivity contribution in [2.24, 2.45) is 5.92 Å². The molecule has 1 rings (SSSR count). The van der Waals surface area contributed by atoms with E-state index in [-0.39, 0.29) is 11.7 Å². The lowest BCUT2D eigenvalue weighted by Crippen LogP contribution is -2.14. The van der Waals surface area contributed by atoms with E-state index < -0.39 is 9.84 Å². The topological polar surface area (TPSA) is 34.1 Å². The van der Waals surface area contributed by atoms with Gasteiger partial charge < -0.3 is 0 Å². The number of sulfone groups is 1. The summed E-state index contributed by atoms with van der Waals surface area (Å²) in [6, 6.07) is 7.01. The average Bonchev–Trinajstić information content (AvgIpc) is 2.28. The molecule has 0 amide bonds. The van der Waals surface area contributed by atoms with E-state index in [1.165, 1.54) is 0 Å². The molecule has 1 atom stereocenters. The van der Waals surface area contributed by atoms with Crippen molar-refractivity contribution in [3.63, 3.8) is 0 Å². The zero-order chi connectivity index (χ0) is 12.9. The SMILES string of the molecule is C=CC(CCC)CS(=O)(=O)c1ccc(C)cc1. The lowest BCUT2D eigenvalue weighted by molar-refractivity contribution is 0.570. The molecule has 94 valence electrons. The Bertz CT molecular complexity index is 458. The van der Waals surface area contributed by atoms with E-state index in [4.69, 9.17) is 0 Å². The second-order valence-electron chi connectivity index (χ2n) is 4.38. The smallest absolute Gasteiger partial charge is 0.178 e. The first-order valence-electron chi connectivity index (χ1n) is 5.91. The summed E-state index contributed by atoms with van der Waals surface area (Å²) in [5.41, 5.74) is 1.07. The van der Waals surface area contributed by atoms with Crippen molar-refractivity contribution in [3.05, 3.63) is 42.5 Å². The minimum atomic E-state index is -3.18. The summed E-state index contributed by atoms with van der Waals surface area (Å²) in [5.74, 6) is 0.208. The maximum atomic E-state index is 12.1. The highest BCUT2D eigenvalue weighted by Crippen LogP contribution is 2.18. The third-order valence-electron chi connectivity index (χ3n) is 2.81. The standard InChI is InChI=1S/C14H20O2S/c1-4-6-13(5-2)11-17(15,16)14-9-7-12(3)8-10-14/h5,7-10,13H,2,4,6,11H2,1,3H3. The van der Waals surface area contributed by atoms with Crippen molar-refractivity contribution in [2.45, 2.75) is 31.6 Å². The third kappa shape index (κ3) is 4.00. The van der Waals surface area contributed by atoms with Crippen LogP contribution in [0.5, 0.6) is 0 Å². The Morgan fingerprint density at radius 2 is 1.88 bits per heavy atom. The van der Waals surface area contributed by atoms with Crippen LogP contribution in [0.1, 0.15) is 25.3 Å². The van der Waals surface area contributed by atoms with E-state index in [1.807, 2.05) is 19.1 Å². The highest BCUT2D eigenvalue weighted by Gasteiger charge is 2.18. The largest absolute Gasteiger partial charge is 0.224 e. The molecule has 2 nitrogen and oxygen atoms in total. The zero-order valence-electron chi connectivity index (χ0n) is 10.5. The molecule has 1 aromatic rings. The van der Waals surface area contributed by atoms with Crippen LogP contribution >= 0.6 is 0 Å². The van der Waals surface area contributed by atoms with Crippen LogP contribution in [0.3, 0.4) is 0 Å². The Hall–Kier alpha value is -1.09. The molecule has 0 heterocycles. The van der Waals surface area contributed by atoms with Gasteiger partial charge in [-0.1, -0.05) is 37.1 Å². The number of aryl methyl sites for hydroxylation is 1. The molecule has 0 aliphatic rings. The van der Waals surface area contributed by atoms with Gasteiger partial charge in [-0.25, -0.2) is 8.42 Å². The van der Waals surface area contributed by atoms with Gasteiger partial charge in [0.05, 0.1) is 10.6 Å². The lowest BCUT2D eigenvalue weighted by Gasteiger charge is -2.11. The monoisotopic (exact) mass is 252 g/mol. The van der Waals surface area contributed by atoms with Crippen LogP contribution in [0, 0.1) is 12.8 Å². The van der Waals surface area contributed by atoms with Crippen molar-refractivity contribution < 1.29 is 8.42 Å². The predicted octanol–water partition coefficient (Wildman–Crippen LogP) is 3.37. The van der Waals surface area contributed by atoms with Crippen LogP contribution < -0.4 is 0 Å². The van der Waals surface area contributed by atoms with Gasteiger partial charge in [0.15, 0.2) is 9.84 Å². The van der Waals surface area contributed by atoms with Crippen molar-refractivity contribution in [1.82, 2.24) is 0 Å². The number of allylic oxidation sites excluding steroid dienone is 1. The van der Waals surface area contributed by atoms with Gasteiger partial charge in [-0.3, -0.25) is 0 Å². The fourth-order valence-corrected chi connectivity index (χ4v) is 3.37. The van der Waals surface area contributed by atoms with Gasteiger partial charge in [0, 0.05) is 0 Å². The molecular weight excluding hydrogens is 232 g/mol. The first-order valence-corrected chi connectivity index (χ1v) is 7.56. The van der Waals surface area contributed by atoms with Crippen LogP contribution in [-0.4, -0.2) is 14.2 Å². The lowest BCUT2D eigenvalue weighted by atomic mass is 10.1. The van der Waals surface area contributed by atoms with Gasteiger partial charge in [0.2, 0.25) is 0 Å². The van der Waals surface area contributed by atoms with Crippen LogP contribution in [0.2, 0.25) is 0 Å². The number of hydrogen-bond donors (Lipinski definition) is 0. The summed E-state index contributed by atoms with van der Waals surface area (Å²) < 4.78 is 24.3. The number of benzene rings is 1. The summed E-state index contributed by atoms with van der Waals surface area (Å²) >= 11 is 0. The molecule has 0 N–H and O–H groups in total. The molecule has 1 aromatic carbocycles. The third-order valence-corrected chi connectivity index (χ3v) is 4.66. The van der Waals surface area contributed by atoms with Crippen molar-refractivity contribution in [3.8, 4) is 0 Å². The predicted molar refractivity (Wildman–Crippen MR) is 71.8 cm³/mol. The molecule has 0 radical (unpaired) electrons. The number of hydrogen-bond acceptors (Lipinski definition) is 2. The second kappa shape index (κ2) is 6.01. The summed E-state index contributed by atoms with van der Waals surface area (Å²) in [4.78, 5) is 0.408. The van der Waals surface area contributed by atoms with E-state index in [0.29, 0.717) is 4.90 Å². The van der Waals surface area contributed by atoms with Gasteiger partial charge in [-0.2, -0.15) is 0 Å². The van der Waals surface area contributed by atoms with Crippen molar-refractivity contribution in [2.75, 3.05) is 5.75 Å². The summed E-state index contributed by atoms with van der Waals surface area (Å²) in [6.07, 6.45) is 3.59. The molecule has 17 heavy (non-hydrogen) atoms. The van der Waals surface area contributed by atoms with E-state index in [2.05, 4.69) is 13.5 Å². The summed E-state index contributed by atoms with van der Waals surface area (Å²) in [5, 5.41) is 0. The average molecular weight is 252 g/mol. The molecule has 0 fully saturated rings. The second-order valence-corrected chi connectivity index (χ2v) is 6.41. The highest BCUT2D eigenvalue weighted by atomic mass is 32.2. The first-order chi connectivity index (χ1) is 7.99. The fraction of sp³-hybridized carbons (Fsp3) is 0.429. The molecular formula is C14H20O2S. The summed E-state index contributed by atoms with van der Waals surface area (Å²) in [7, 11) is -3.18. The van der Waals surface area contributed by atoms with Gasteiger partial charge in [-0.15, -0.1) is 6.58 Å². The molecule has 0 saturated heterocycles. The fourth-order valence-electron chi connectivity index (χ4n) is 1.76. The minimum absolute atomic E-state index is 0.0475. The van der Waals surface area contributed by atoms with Crippen LogP contribution in [0.4, 0.5) is 0 Å². The molecule has 3 heteroatoms. The Balaban J connectivity index is 2.88. The Kier molecular flexibility index (Phi) is 4.94. The van der Waals surface area contributed by atoms with E-state index in [9.17, 15) is 8.42 Å². The van der Waals surface area contributed by atoms with E-state index in [0.717, 1.165) is 18.4 Å². The van der Waals surface area contributed by atoms with Crippen LogP contribution in [-0.2, 0) is 9.84 Å². The van der Waals surface area contributed by atoms with E-state index >= 15 is 0 Å². The molecule has 0 bridgehead atoms. The molecule has 0 saturated carbocycles. The van der Waals surface area contributed by atoms with Gasteiger partial charge in [0.1, 0.15) is 0 Å². The summed E-state index contributed by atoms with van der Waals surface area (Å²) in [6.45, 7) is 7.70. The van der Waals surface area contributed by atoms with E-state index in [1.54, 1.807) is 18.2 Å². The maximum absolute atomic E-state index is 12.1. The number of rotatable bonds is 6. The quantitative estimate of drug-likeness (QED) is 0.727. The Morgan fingerprint density at radius 3 is 2.35 bits per heavy atom. The van der Waals surface area contributed by atoms with Gasteiger partial charge in [-0.05, 0) is 31.4 Å². The van der Waals surface area contributed by atoms with Gasteiger partial charge in [0.25, 0.3) is 0 Å². The van der Waals surface area contributed by atoms with Gasteiger partial charge >= 0.3 is 0 Å². The Labute approximate surface area is 104 Å². The van der Waals surface area contributed by atoms with Crippen molar-refractivity contribution in [1.29, 1.82) is 0 Å². The molecule has 0 aliphatic heterocycles. The first kappa shape index (κ1) is 14.0. The van der Waals surface area contributed by atoms with Crippen LogP contribution in [0.25, 0.3) is 0 Å². The molecule has 1 unspecified atom stereocenters. The molecule has 0 aromatic heterocycles. The highest BCUT2D eigenvalue weighted by molar-refractivity contribution is 7.91. The minimum Gasteiger partial charge on any atom is -0.224 e. The Morgan fingerprint density at radius 1 is 1.29 bits per heavy atom.